The zero-order valence-corrected chi connectivity index (χ0v) is 14.0. The number of hydrogen-bond acceptors (Lipinski definition) is 2. The van der Waals surface area contributed by atoms with E-state index >= 15 is 0 Å². The highest BCUT2D eigenvalue weighted by Gasteiger charge is 2.40. The molecule has 2 aromatic carbocycles. The fraction of sp³-hybridized carbons (Fsp3) is 0.111. The number of nitrogens with two attached hydrogens (primary N) is 1. The van der Waals surface area contributed by atoms with Crippen LogP contribution in [0, 0.1) is 11.7 Å². The van der Waals surface area contributed by atoms with E-state index in [4.69, 9.17) is 5.14 Å². The summed E-state index contributed by atoms with van der Waals surface area (Å²) in [5.74, 6) is -2.28. The Morgan fingerprint density at radius 3 is 1.62 bits per heavy atom. The highest BCUT2D eigenvalue weighted by molar-refractivity contribution is 7.89. The molecule has 26 heavy (non-hydrogen) atoms. The van der Waals surface area contributed by atoms with Gasteiger partial charge in [-0.05, 0) is 46.5 Å². The predicted octanol–water partition coefficient (Wildman–Crippen LogP) is 4.13. The Balaban J connectivity index is 2.07. The van der Waals surface area contributed by atoms with Crippen LogP contribution in [0.5, 0.6) is 0 Å². The summed E-state index contributed by atoms with van der Waals surface area (Å²) in [7, 11) is -3.90. The summed E-state index contributed by atoms with van der Waals surface area (Å²) in [5, 5.41) is 5.03. The number of primary sulfonamides is 1. The van der Waals surface area contributed by atoms with Crippen molar-refractivity contribution in [2.45, 2.75) is 11.1 Å². The Morgan fingerprint density at radius 1 is 0.808 bits per heavy atom. The van der Waals surface area contributed by atoms with Crippen LogP contribution in [0.4, 0.5) is 17.6 Å². The van der Waals surface area contributed by atoms with Crippen molar-refractivity contribution in [2.24, 2.45) is 11.1 Å². The standard InChI is InChI=1S/C18H13F4NO2S/c19-14-5-1-11(2-6-14)16-9-13(18(20,21)22)10-17(16)12-3-7-15(8-4-12)26(23,24)25/h1-10,13H,(H2,23,24,25). The maximum absolute atomic E-state index is 13.2. The molecule has 0 saturated carbocycles. The molecule has 0 heterocycles. The minimum Gasteiger partial charge on any atom is -0.225 e. The van der Waals surface area contributed by atoms with Gasteiger partial charge in [0.05, 0.1) is 10.8 Å². The second-order valence-electron chi connectivity index (χ2n) is 5.80. The first kappa shape index (κ1) is 18.3. The molecule has 1 aliphatic carbocycles. The lowest BCUT2D eigenvalue weighted by atomic mass is 9.95. The van der Waals surface area contributed by atoms with E-state index in [9.17, 15) is 26.0 Å². The fourth-order valence-corrected chi connectivity index (χ4v) is 3.25. The molecule has 2 N–H and O–H groups in total. The van der Waals surface area contributed by atoms with Gasteiger partial charge >= 0.3 is 6.18 Å². The Kier molecular flexibility index (Phi) is 4.49. The number of halogens is 4. The molecule has 0 radical (unpaired) electrons. The molecule has 3 nitrogen and oxygen atoms in total. The van der Waals surface area contributed by atoms with E-state index in [0.29, 0.717) is 22.3 Å². The van der Waals surface area contributed by atoms with Crippen molar-refractivity contribution in [3.63, 3.8) is 0 Å². The van der Waals surface area contributed by atoms with Crippen LogP contribution in [-0.4, -0.2) is 14.6 Å². The Hall–Kier alpha value is -2.45. The molecule has 2 aromatic rings. The van der Waals surface area contributed by atoms with Gasteiger partial charge in [0.25, 0.3) is 0 Å². The van der Waals surface area contributed by atoms with Gasteiger partial charge in [-0.1, -0.05) is 36.4 Å². The molecule has 0 amide bonds. The SMILES string of the molecule is NS(=O)(=O)c1ccc(C2=CC(C(F)(F)F)C=C2c2ccc(F)cc2)cc1. The van der Waals surface area contributed by atoms with Crippen LogP contribution in [0.3, 0.4) is 0 Å². The molecule has 0 fully saturated rings. The lowest BCUT2D eigenvalue weighted by molar-refractivity contribution is -0.148. The third-order valence-electron chi connectivity index (χ3n) is 4.01. The normalized spacial score (nSPS) is 17.8. The zero-order valence-electron chi connectivity index (χ0n) is 13.2. The molecule has 0 bridgehead atoms. The molecular weight excluding hydrogens is 370 g/mol. The van der Waals surface area contributed by atoms with Gasteiger partial charge in [-0.15, -0.1) is 0 Å². The van der Waals surface area contributed by atoms with Gasteiger partial charge in [0, 0.05) is 0 Å². The van der Waals surface area contributed by atoms with Crippen LogP contribution in [-0.2, 0) is 10.0 Å². The van der Waals surface area contributed by atoms with E-state index < -0.39 is 27.9 Å². The van der Waals surface area contributed by atoms with Gasteiger partial charge in [0.15, 0.2) is 0 Å². The Labute approximate surface area is 147 Å². The molecule has 0 aliphatic heterocycles. The number of benzene rings is 2. The molecular formula is C18H13F4NO2S. The Morgan fingerprint density at radius 2 is 1.23 bits per heavy atom. The van der Waals surface area contributed by atoms with Gasteiger partial charge in [-0.3, -0.25) is 0 Å². The van der Waals surface area contributed by atoms with Crippen molar-refractivity contribution in [2.75, 3.05) is 0 Å². The number of sulfonamides is 1. The second-order valence-corrected chi connectivity index (χ2v) is 7.37. The number of allylic oxidation sites excluding steroid dienone is 4. The van der Waals surface area contributed by atoms with Crippen molar-refractivity contribution in [3.8, 4) is 0 Å². The number of hydrogen-bond donors (Lipinski definition) is 1. The van der Waals surface area contributed by atoms with Crippen molar-refractivity contribution in [3.05, 3.63) is 77.6 Å². The highest BCUT2D eigenvalue weighted by atomic mass is 32.2. The first-order valence-corrected chi connectivity index (χ1v) is 9.00. The van der Waals surface area contributed by atoms with Crippen molar-refractivity contribution in [1.82, 2.24) is 0 Å². The van der Waals surface area contributed by atoms with Gasteiger partial charge in [0.2, 0.25) is 10.0 Å². The summed E-state index contributed by atoms with van der Waals surface area (Å²) in [6.07, 6.45) is -2.34. The van der Waals surface area contributed by atoms with Gasteiger partial charge in [0.1, 0.15) is 5.82 Å². The summed E-state index contributed by atoms with van der Waals surface area (Å²) < 4.78 is 75.3. The van der Waals surface area contributed by atoms with E-state index in [1.807, 2.05) is 0 Å². The largest absolute Gasteiger partial charge is 0.398 e. The van der Waals surface area contributed by atoms with Gasteiger partial charge < -0.3 is 0 Å². The summed E-state index contributed by atoms with van der Waals surface area (Å²) in [5.41, 5.74) is 1.43. The summed E-state index contributed by atoms with van der Waals surface area (Å²) in [4.78, 5) is -0.139. The van der Waals surface area contributed by atoms with E-state index in [0.717, 1.165) is 12.2 Å². The van der Waals surface area contributed by atoms with Crippen LogP contribution in [0.2, 0.25) is 0 Å². The van der Waals surface area contributed by atoms with Crippen molar-refractivity contribution >= 4 is 21.2 Å². The average molecular weight is 383 g/mol. The average Bonchev–Trinajstić information content (AvgIpc) is 3.00. The van der Waals surface area contributed by atoms with Crippen LogP contribution < -0.4 is 5.14 Å². The first-order valence-electron chi connectivity index (χ1n) is 7.45. The maximum Gasteiger partial charge on any atom is 0.398 e. The monoisotopic (exact) mass is 383 g/mol. The summed E-state index contributed by atoms with van der Waals surface area (Å²) in [6.45, 7) is 0. The maximum atomic E-state index is 13.2. The molecule has 3 rings (SSSR count). The third kappa shape index (κ3) is 3.71. The van der Waals surface area contributed by atoms with Gasteiger partial charge in [-0.2, -0.15) is 13.2 Å². The van der Waals surface area contributed by atoms with Crippen molar-refractivity contribution < 1.29 is 26.0 Å². The molecule has 0 spiro atoms. The third-order valence-corrected chi connectivity index (χ3v) is 4.94. The topological polar surface area (TPSA) is 60.2 Å². The molecule has 0 saturated heterocycles. The lowest BCUT2D eigenvalue weighted by Crippen LogP contribution is -2.17. The summed E-state index contributed by atoms with van der Waals surface area (Å²) >= 11 is 0. The van der Waals surface area contributed by atoms with Crippen LogP contribution in [0.25, 0.3) is 11.1 Å². The molecule has 1 aliphatic rings. The molecule has 0 aromatic heterocycles. The number of rotatable bonds is 3. The smallest absolute Gasteiger partial charge is 0.225 e. The fourth-order valence-electron chi connectivity index (χ4n) is 2.73. The zero-order chi connectivity index (χ0) is 19.1. The quantitative estimate of drug-likeness (QED) is 0.810. The molecule has 1 unspecified atom stereocenters. The van der Waals surface area contributed by atoms with E-state index in [1.165, 1.54) is 48.5 Å². The number of alkyl halides is 3. The van der Waals surface area contributed by atoms with Crippen LogP contribution >= 0.6 is 0 Å². The van der Waals surface area contributed by atoms with Crippen molar-refractivity contribution in [1.29, 1.82) is 0 Å². The van der Waals surface area contributed by atoms with Gasteiger partial charge in [-0.25, -0.2) is 17.9 Å². The van der Waals surface area contributed by atoms with E-state index in [2.05, 4.69) is 0 Å². The Bertz CT molecular complexity index is 989. The molecule has 8 heteroatoms. The lowest BCUT2D eigenvalue weighted by Gasteiger charge is -2.10. The predicted molar refractivity (Wildman–Crippen MR) is 89.7 cm³/mol. The minimum absolute atomic E-state index is 0.139. The second kappa shape index (κ2) is 6.37. The molecule has 1 atom stereocenters. The first-order chi connectivity index (χ1) is 12.1. The minimum atomic E-state index is -4.46. The summed E-state index contributed by atoms with van der Waals surface area (Å²) in [6, 6.07) is 10.4. The highest BCUT2D eigenvalue weighted by Crippen LogP contribution is 2.44. The van der Waals surface area contributed by atoms with Crippen LogP contribution in [0.15, 0.2) is 65.6 Å². The van der Waals surface area contributed by atoms with E-state index in [1.54, 1.807) is 0 Å². The molecule has 136 valence electrons. The van der Waals surface area contributed by atoms with E-state index in [-0.39, 0.29) is 4.90 Å². The van der Waals surface area contributed by atoms with Crippen LogP contribution in [0.1, 0.15) is 11.1 Å².